The Kier molecular flexibility index (Phi) is 9.24. The number of rotatable bonds is 6. The zero-order valence-electron chi connectivity index (χ0n) is 22.4. The van der Waals surface area contributed by atoms with Gasteiger partial charge in [0.25, 0.3) is 0 Å². The minimum absolute atomic E-state index is 0.00932. The maximum atomic E-state index is 10.8. The van der Waals surface area contributed by atoms with Gasteiger partial charge in [0.05, 0.1) is 28.0 Å². The molecule has 2 unspecified atom stereocenters. The Balaban J connectivity index is 0.000000220. The van der Waals surface area contributed by atoms with Crippen LogP contribution in [0.1, 0.15) is 84.2 Å². The molecule has 1 N–H and O–H groups in total. The van der Waals surface area contributed by atoms with Gasteiger partial charge in [-0.1, -0.05) is 20.8 Å². The molecule has 2 aliphatic carbocycles. The van der Waals surface area contributed by atoms with Gasteiger partial charge in [0.15, 0.2) is 8.32 Å². The van der Waals surface area contributed by atoms with Gasteiger partial charge >= 0.3 is 11.4 Å². The van der Waals surface area contributed by atoms with Crippen molar-refractivity contribution in [1.29, 1.82) is 0 Å². The summed E-state index contributed by atoms with van der Waals surface area (Å²) >= 11 is 0. The molecule has 4 rings (SSSR count). The minimum atomic E-state index is -1.77. The van der Waals surface area contributed by atoms with Crippen molar-refractivity contribution >= 4 is 19.7 Å². The van der Waals surface area contributed by atoms with Gasteiger partial charge < -0.3 is 9.53 Å². The number of aliphatic hydroxyl groups excluding tert-OH is 1. The Morgan fingerprint density at radius 2 is 1.41 bits per heavy atom. The lowest BCUT2D eigenvalue weighted by atomic mass is 9.93. The van der Waals surface area contributed by atoms with Crippen LogP contribution in [0.15, 0.2) is 24.8 Å². The highest BCUT2D eigenvalue weighted by molar-refractivity contribution is 6.74. The summed E-state index contributed by atoms with van der Waals surface area (Å²) in [7, 11) is -1.77. The van der Waals surface area contributed by atoms with Crippen LogP contribution < -0.4 is 0 Å². The Bertz CT molecular complexity index is 1060. The van der Waals surface area contributed by atoms with Crippen LogP contribution in [-0.2, 0) is 4.43 Å². The molecule has 2 saturated carbocycles. The van der Waals surface area contributed by atoms with E-state index >= 15 is 0 Å². The Hall–Kier alpha value is -2.64. The fourth-order valence-electron chi connectivity index (χ4n) is 4.68. The van der Waals surface area contributed by atoms with Crippen molar-refractivity contribution in [2.24, 2.45) is 0 Å². The van der Waals surface area contributed by atoms with E-state index in [4.69, 9.17) is 4.43 Å². The van der Waals surface area contributed by atoms with E-state index in [0.29, 0.717) is 6.42 Å². The molecule has 0 radical (unpaired) electrons. The Morgan fingerprint density at radius 3 is 1.84 bits per heavy atom. The topological polar surface area (TPSA) is 151 Å². The van der Waals surface area contributed by atoms with Crippen LogP contribution >= 0.6 is 0 Å². The van der Waals surface area contributed by atoms with Crippen molar-refractivity contribution in [3.8, 4) is 0 Å². The predicted octanol–water partition coefficient (Wildman–Crippen LogP) is 5.56. The number of hydrogen-bond acceptors (Lipinski definition) is 8. The van der Waals surface area contributed by atoms with Crippen molar-refractivity contribution in [2.75, 3.05) is 0 Å². The van der Waals surface area contributed by atoms with Crippen LogP contribution in [0.2, 0.25) is 18.1 Å². The van der Waals surface area contributed by atoms with Crippen molar-refractivity contribution < 1.29 is 19.4 Å². The minimum Gasteiger partial charge on any atom is -0.414 e. The third-order valence-electron chi connectivity index (χ3n) is 7.83. The molecule has 4 atom stereocenters. The first-order valence-corrected chi connectivity index (χ1v) is 15.9. The molecule has 2 aromatic heterocycles. The van der Waals surface area contributed by atoms with Gasteiger partial charge in [0.2, 0.25) is 0 Å². The first-order valence-electron chi connectivity index (χ1n) is 13.0. The van der Waals surface area contributed by atoms with Crippen LogP contribution in [0, 0.1) is 20.2 Å². The third kappa shape index (κ3) is 7.68. The first kappa shape index (κ1) is 28.9. The van der Waals surface area contributed by atoms with Gasteiger partial charge in [-0.25, -0.2) is 0 Å². The SMILES string of the molecule is CC(C)(C)[Si](C)(C)O[C@H]1CCCC(n2cc([N+](=O)[O-])cn2)C1.O=[N+]([O-])c1cnn(C2CCC[C@H](O)C2)c1. The van der Waals surface area contributed by atoms with E-state index in [2.05, 4.69) is 44.1 Å². The van der Waals surface area contributed by atoms with E-state index in [1.165, 1.54) is 18.6 Å². The fourth-order valence-corrected chi connectivity index (χ4v) is 6.09. The summed E-state index contributed by atoms with van der Waals surface area (Å²) in [5.74, 6) is 0. The van der Waals surface area contributed by atoms with E-state index in [9.17, 15) is 25.3 Å². The molecule has 0 amide bonds. The molecular formula is C24H40N6O6Si. The molecular weight excluding hydrogens is 496 g/mol. The number of aromatic nitrogens is 4. The average molecular weight is 537 g/mol. The molecule has 37 heavy (non-hydrogen) atoms. The summed E-state index contributed by atoms with van der Waals surface area (Å²) in [6, 6.07) is 0.305. The molecule has 12 nitrogen and oxygen atoms in total. The summed E-state index contributed by atoms with van der Waals surface area (Å²) < 4.78 is 9.86. The van der Waals surface area contributed by atoms with E-state index in [0.717, 1.165) is 44.9 Å². The molecule has 0 saturated heterocycles. The Labute approximate surface area is 218 Å². The van der Waals surface area contributed by atoms with Crippen LogP contribution in [0.25, 0.3) is 0 Å². The second kappa shape index (κ2) is 11.8. The molecule has 206 valence electrons. The standard InChI is InChI=1S/C15H27N3O3Si.C9H13N3O3/c1-15(2,3)22(4,5)21-14-8-6-7-12(9-14)17-11-13(10-16-17)18(19)20;13-9-3-1-2-7(4-9)11-6-8(5-10-11)12(14)15/h10-12,14H,6-9H2,1-5H3;5-7,9,13H,1-4H2/t12?,14-;7?,9-/m00/s1. The smallest absolute Gasteiger partial charge is 0.307 e. The van der Waals surface area contributed by atoms with Gasteiger partial charge in [-0.3, -0.25) is 29.6 Å². The van der Waals surface area contributed by atoms with Crippen LogP contribution in [-0.4, -0.2) is 55.0 Å². The van der Waals surface area contributed by atoms with Crippen molar-refractivity contribution in [3.05, 3.63) is 45.0 Å². The number of nitro groups is 2. The second-order valence-electron chi connectivity index (χ2n) is 11.7. The highest BCUT2D eigenvalue weighted by atomic mass is 28.4. The van der Waals surface area contributed by atoms with E-state index in [-0.39, 0.29) is 40.7 Å². The van der Waals surface area contributed by atoms with Crippen molar-refractivity contribution in [1.82, 2.24) is 19.6 Å². The summed E-state index contributed by atoms with van der Waals surface area (Å²) in [5.41, 5.74) is 0.0718. The molecule has 0 spiro atoms. The molecule has 2 aromatic rings. The fraction of sp³-hybridized carbons (Fsp3) is 0.750. The van der Waals surface area contributed by atoms with Crippen molar-refractivity contribution in [3.63, 3.8) is 0 Å². The van der Waals surface area contributed by atoms with Crippen molar-refractivity contribution in [2.45, 2.75) is 115 Å². The average Bonchev–Trinajstić information content (AvgIpc) is 3.49. The molecule has 2 heterocycles. The third-order valence-corrected chi connectivity index (χ3v) is 12.4. The van der Waals surface area contributed by atoms with E-state index < -0.39 is 18.2 Å². The Morgan fingerprint density at radius 1 is 0.919 bits per heavy atom. The highest BCUT2D eigenvalue weighted by Gasteiger charge is 2.40. The summed E-state index contributed by atoms with van der Waals surface area (Å²) in [6.07, 6.45) is 12.9. The zero-order chi connectivity index (χ0) is 27.4. The lowest BCUT2D eigenvalue weighted by molar-refractivity contribution is -0.385. The van der Waals surface area contributed by atoms with E-state index in [1.54, 1.807) is 15.6 Å². The number of nitrogens with zero attached hydrogens (tertiary/aromatic N) is 6. The molecule has 0 aromatic carbocycles. The molecule has 0 bridgehead atoms. The van der Waals surface area contributed by atoms with Gasteiger partial charge in [-0.15, -0.1) is 0 Å². The number of hydrogen-bond donors (Lipinski definition) is 1. The van der Waals surface area contributed by atoms with E-state index in [1.807, 2.05) is 0 Å². The van der Waals surface area contributed by atoms with Crippen LogP contribution in [0.3, 0.4) is 0 Å². The normalized spacial score (nSPS) is 24.7. The van der Waals surface area contributed by atoms with Gasteiger partial charge in [-0.05, 0) is 69.5 Å². The first-order chi connectivity index (χ1) is 17.3. The molecule has 2 aliphatic rings. The van der Waals surface area contributed by atoms with Crippen LogP contribution in [0.5, 0.6) is 0 Å². The zero-order valence-corrected chi connectivity index (χ0v) is 23.4. The molecule has 0 aliphatic heterocycles. The maximum absolute atomic E-state index is 10.8. The number of aliphatic hydroxyl groups is 1. The van der Waals surface area contributed by atoms with Gasteiger partial charge in [0, 0.05) is 6.10 Å². The maximum Gasteiger partial charge on any atom is 0.307 e. The predicted molar refractivity (Wildman–Crippen MR) is 141 cm³/mol. The summed E-state index contributed by atoms with van der Waals surface area (Å²) in [4.78, 5) is 20.4. The quantitative estimate of drug-likeness (QED) is 0.286. The second-order valence-corrected chi connectivity index (χ2v) is 16.4. The summed E-state index contributed by atoms with van der Waals surface area (Å²) in [6.45, 7) is 11.3. The monoisotopic (exact) mass is 536 g/mol. The molecule has 2 fully saturated rings. The molecule has 13 heteroatoms. The largest absolute Gasteiger partial charge is 0.414 e. The lowest BCUT2D eigenvalue weighted by Gasteiger charge is -2.41. The summed E-state index contributed by atoms with van der Waals surface area (Å²) in [5, 5.41) is 39.1. The van der Waals surface area contributed by atoms with Gasteiger partial charge in [-0.2, -0.15) is 10.2 Å². The lowest BCUT2D eigenvalue weighted by Crippen LogP contribution is -2.45. The van der Waals surface area contributed by atoms with Gasteiger partial charge in [0.1, 0.15) is 24.8 Å². The van der Waals surface area contributed by atoms with Crippen LogP contribution in [0.4, 0.5) is 11.4 Å². The highest BCUT2D eigenvalue weighted by Crippen LogP contribution is 2.40.